The van der Waals surface area contributed by atoms with Gasteiger partial charge in [-0.2, -0.15) is 0 Å². The molecule has 1 aromatic rings. The second-order valence-corrected chi connectivity index (χ2v) is 6.61. The van der Waals surface area contributed by atoms with E-state index in [0.29, 0.717) is 0 Å². The van der Waals surface area contributed by atoms with Gasteiger partial charge in [0.1, 0.15) is 5.16 Å². The first-order valence-electron chi connectivity index (χ1n) is 6.33. The Balaban J connectivity index is 3.55. The number of hydrogen-bond acceptors (Lipinski definition) is 6. The average Bonchev–Trinajstić information content (AvgIpc) is 2.44. The Hall–Kier alpha value is -1.51. The molecule has 0 radical (unpaired) electrons. The van der Waals surface area contributed by atoms with Gasteiger partial charge in [-0.15, -0.1) is 0 Å². The summed E-state index contributed by atoms with van der Waals surface area (Å²) < 4.78 is 16.8. The van der Waals surface area contributed by atoms with Crippen molar-refractivity contribution in [3.8, 4) is 5.75 Å². The van der Waals surface area contributed by atoms with Gasteiger partial charge in [-0.05, 0) is 24.5 Å². The minimum Gasteiger partial charge on any atom is -0.490 e. The van der Waals surface area contributed by atoms with Crippen LogP contribution in [-0.2, 0) is 9.72 Å². The summed E-state index contributed by atoms with van der Waals surface area (Å²) >= 11 is 0. The first kappa shape index (κ1) is 18.5. The fourth-order valence-corrected chi connectivity index (χ4v) is 3.62. The van der Waals surface area contributed by atoms with E-state index in [0.717, 1.165) is 12.1 Å². The molecule has 0 aliphatic heterocycles. The van der Waals surface area contributed by atoms with Gasteiger partial charge in [-0.25, -0.2) is 0 Å². The van der Waals surface area contributed by atoms with Crippen LogP contribution in [0.3, 0.4) is 0 Å². The van der Waals surface area contributed by atoms with Crippen molar-refractivity contribution in [2.45, 2.75) is 18.0 Å². The number of rotatable bonds is 8. The average molecular weight is 335 g/mol. The van der Waals surface area contributed by atoms with Crippen molar-refractivity contribution in [2.24, 2.45) is 0 Å². The van der Waals surface area contributed by atoms with E-state index in [9.17, 15) is 24.5 Å². The molecular formula is C12H18NO8P. The molecule has 0 atom stereocenters. The lowest BCUT2D eigenvalue weighted by Crippen LogP contribution is -2.29. The molecule has 0 aromatic heterocycles. The zero-order chi connectivity index (χ0) is 17.0. The van der Waals surface area contributed by atoms with E-state index in [1.165, 1.54) is 13.2 Å². The molecular weight excluding hydrogens is 317 g/mol. The molecule has 0 bridgehead atoms. The molecule has 0 spiro atoms. The van der Waals surface area contributed by atoms with Crippen molar-refractivity contribution < 1.29 is 34.2 Å². The van der Waals surface area contributed by atoms with Gasteiger partial charge in [0, 0.05) is 19.3 Å². The molecule has 0 aliphatic carbocycles. The summed E-state index contributed by atoms with van der Waals surface area (Å²) in [5.74, 6) is -0.156. The zero-order valence-electron chi connectivity index (χ0n) is 11.9. The van der Waals surface area contributed by atoms with E-state index in [-0.39, 0.29) is 29.8 Å². The molecule has 9 nitrogen and oxygen atoms in total. The molecule has 1 aromatic carbocycles. The predicted molar refractivity (Wildman–Crippen MR) is 76.8 cm³/mol. The lowest BCUT2D eigenvalue weighted by molar-refractivity contribution is -0.385. The van der Waals surface area contributed by atoms with Crippen molar-refractivity contribution in [1.82, 2.24) is 0 Å². The topological polar surface area (TPSA) is 150 Å². The van der Waals surface area contributed by atoms with Crippen LogP contribution in [-0.4, -0.2) is 45.2 Å². The fraction of sp³-hybridized carbons (Fsp3) is 0.500. The molecule has 10 heteroatoms. The Kier molecular flexibility index (Phi) is 6.04. The minimum absolute atomic E-state index is 0.0615. The SMILES string of the molecule is COc1cc(C(CCO)(CCO)P(=O)(O)O)ccc1[N+](=O)[O-]. The highest BCUT2D eigenvalue weighted by Crippen LogP contribution is 2.61. The number of methoxy groups -OCH3 is 1. The smallest absolute Gasteiger partial charge is 0.336 e. The third-order valence-corrected chi connectivity index (χ3v) is 5.34. The van der Waals surface area contributed by atoms with E-state index >= 15 is 0 Å². The van der Waals surface area contributed by atoms with E-state index < -0.39 is 30.9 Å². The van der Waals surface area contributed by atoms with Crippen LogP contribution < -0.4 is 4.74 Å². The molecule has 0 fully saturated rings. The maximum atomic E-state index is 11.9. The van der Waals surface area contributed by atoms with Gasteiger partial charge in [0.05, 0.1) is 12.0 Å². The van der Waals surface area contributed by atoms with Gasteiger partial charge in [0.25, 0.3) is 0 Å². The Morgan fingerprint density at radius 2 is 1.82 bits per heavy atom. The summed E-state index contributed by atoms with van der Waals surface area (Å²) in [6.45, 7) is -1.05. The summed E-state index contributed by atoms with van der Waals surface area (Å²) in [6, 6.07) is 3.43. The Morgan fingerprint density at radius 1 is 1.27 bits per heavy atom. The molecule has 4 N–H and O–H groups in total. The van der Waals surface area contributed by atoms with E-state index in [1.54, 1.807) is 0 Å². The lowest BCUT2D eigenvalue weighted by atomic mass is 9.91. The van der Waals surface area contributed by atoms with Crippen LogP contribution in [0.2, 0.25) is 0 Å². The standard InChI is InChI=1S/C12H18NO8P/c1-21-11-8-9(2-3-10(11)13(16)17)12(4-6-14,5-7-15)22(18,19)20/h2-3,8,14-15H,4-7H2,1H3,(H2,18,19,20). The molecule has 0 heterocycles. The van der Waals surface area contributed by atoms with Gasteiger partial charge in [0.2, 0.25) is 0 Å². The molecule has 124 valence electrons. The van der Waals surface area contributed by atoms with Crippen LogP contribution >= 0.6 is 7.60 Å². The number of hydrogen-bond donors (Lipinski definition) is 4. The number of aliphatic hydroxyl groups excluding tert-OH is 2. The molecule has 0 unspecified atom stereocenters. The van der Waals surface area contributed by atoms with Gasteiger partial charge in [0.15, 0.2) is 5.75 Å². The number of benzene rings is 1. The number of ether oxygens (including phenoxy) is 1. The minimum atomic E-state index is -4.78. The van der Waals surface area contributed by atoms with Gasteiger partial charge in [-0.1, -0.05) is 6.07 Å². The Labute approximate surface area is 126 Å². The summed E-state index contributed by atoms with van der Waals surface area (Å²) in [4.78, 5) is 29.6. The predicted octanol–water partition coefficient (Wildman–Crippen LogP) is 0.741. The highest BCUT2D eigenvalue weighted by atomic mass is 31.2. The molecule has 22 heavy (non-hydrogen) atoms. The highest BCUT2D eigenvalue weighted by molar-refractivity contribution is 7.53. The first-order chi connectivity index (χ1) is 10.2. The summed E-state index contributed by atoms with van der Waals surface area (Å²) in [7, 11) is -3.58. The van der Waals surface area contributed by atoms with Crippen LogP contribution in [0.5, 0.6) is 5.75 Å². The van der Waals surface area contributed by atoms with Crippen molar-refractivity contribution in [1.29, 1.82) is 0 Å². The van der Waals surface area contributed by atoms with Crippen molar-refractivity contribution >= 4 is 13.3 Å². The third kappa shape index (κ3) is 3.45. The lowest BCUT2D eigenvalue weighted by Gasteiger charge is -2.34. The van der Waals surface area contributed by atoms with Gasteiger partial charge >= 0.3 is 13.3 Å². The fourth-order valence-electron chi connectivity index (χ4n) is 2.36. The summed E-state index contributed by atoms with van der Waals surface area (Å²) in [5, 5.41) is 27.4. The molecule has 0 saturated heterocycles. The normalized spacial score (nSPS) is 12.2. The Morgan fingerprint density at radius 3 is 2.18 bits per heavy atom. The first-order valence-corrected chi connectivity index (χ1v) is 7.95. The second kappa shape index (κ2) is 7.17. The van der Waals surface area contributed by atoms with Crippen LogP contribution in [0.4, 0.5) is 5.69 Å². The van der Waals surface area contributed by atoms with Crippen molar-refractivity contribution in [3.05, 3.63) is 33.9 Å². The maximum absolute atomic E-state index is 11.9. The number of nitro benzene ring substituents is 1. The van der Waals surface area contributed by atoms with Crippen molar-refractivity contribution in [2.75, 3.05) is 20.3 Å². The van der Waals surface area contributed by atoms with Crippen LogP contribution in [0, 0.1) is 10.1 Å². The summed E-state index contributed by atoms with van der Waals surface area (Å²) in [5.41, 5.74) is -0.287. The van der Waals surface area contributed by atoms with Crippen LogP contribution in [0.1, 0.15) is 18.4 Å². The van der Waals surface area contributed by atoms with Gasteiger partial charge < -0.3 is 24.7 Å². The monoisotopic (exact) mass is 335 g/mol. The Bertz CT molecular complexity index is 578. The van der Waals surface area contributed by atoms with Crippen LogP contribution in [0.25, 0.3) is 0 Å². The quantitative estimate of drug-likeness (QED) is 0.308. The number of nitro groups is 1. The number of nitrogens with zero attached hydrogens (tertiary/aromatic N) is 1. The third-order valence-electron chi connectivity index (χ3n) is 3.52. The van der Waals surface area contributed by atoms with E-state index in [4.69, 9.17) is 14.9 Å². The second-order valence-electron chi connectivity index (χ2n) is 4.67. The maximum Gasteiger partial charge on any atom is 0.336 e. The van der Waals surface area contributed by atoms with Crippen LogP contribution in [0.15, 0.2) is 18.2 Å². The number of aliphatic hydroxyl groups is 2. The van der Waals surface area contributed by atoms with E-state index in [1.807, 2.05) is 0 Å². The molecule has 0 saturated carbocycles. The van der Waals surface area contributed by atoms with Gasteiger partial charge in [-0.3, -0.25) is 14.7 Å². The largest absolute Gasteiger partial charge is 0.490 e. The van der Waals surface area contributed by atoms with Crippen molar-refractivity contribution in [3.63, 3.8) is 0 Å². The molecule has 1 rings (SSSR count). The zero-order valence-corrected chi connectivity index (χ0v) is 12.8. The molecule has 0 amide bonds. The summed E-state index contributed by atoms with van der Waals surface area (Å²) in [6.07, 6.45) is -0.613. The molecule has 0 aliphatic rings. The highest BCUT2D eigenvalue weighted by Gasteiger charge is 2.48. The van der Waals surface area contributed by atoms with E-state index in [2.05, 4.69) is 0 Å².